The summed E-state index contributed by atoms with van der Waals surface area (Å²) in [6, 6.07) is 25.4. The zero-order valence-corrected chi connectivity index (χ0v) is 24.0. The number of hydrogen-bond donors (Lipinski definition) is 3. The Balaban J connectivity index is 1.15. The molecule has 2 amide bonds. The SMILES string of the molecule is NC(=O)CC(=O)Nc1ccc2c(=O)[nH]c(=O)n(CCCCN3CCC(OC(c4ccccc4)c4ccccc4)CC3)c2c1. The summed E-state index contributed by atoms with van der Waals surface area (Å²) in [5.41, 5.74) is 7.22. The van der Waals surface area contributed by atoms with Gasteiger partial charge in [0.2, 0.25) is 11.8 Å². The van der Waals surface area contributed by atoms with Crippen LogP contribution in [0, 0.1) is 0 Å². The second kappa shape index (κ2) is 14.1. The number of nitrogens with zero attached hydrogens (tertiary/aromatic N) is 2. The molecule has 224 valence electrons. The van der Waals surface area contributed by atoms with E-state index in [4.69, 9.17) is 10.5 Å². The van der Waals surface area contributed by atoms with Gasteiger partial charge < -0.3 is 20.7 Å². The van der Waals surface area contributed by atoms with E-state index in [0.717, 1.165) is 56.4 Å². The van der Waals surface area contributed by atoms with Crippen LogP contribution >= 0.6 is 0 Å². The zero-order valence-electron chi connectivity index (χ0n) is 24.0. The number of carbonyl (C=O) groups is 2. The third-order valence-electron chi connectivity index (χ3n) is 7.79. The molecule has 1 aromatic heterocycles. The van der Waals surface area contributed by atoms with E-state index in [2.05, 4.69) is 39.5 Å². The van der Waals surface area contributed by atoms with Crippen LogP contribution in [0.25, 0.3) is 10.9 Å². The van der Waals surface area contributed by atoms with Crippen molar-refractivity contribution in [1.82, 2.24) is 14.5 Å². The van der Waals surface area contributed by atoms with Crippen molar-refractivity contribution in [2.45, 2.75) is 50.9 Å². The van der Waals surface area contributed by atoms with Crippen LogP contribution in [0.4, 0.5) is 5.69 Å². The van der Waals surface area contributed by atoms with Crippen molar-refractivity contribution in [3.8, 4) is 0 Å². The molecule has 10 heteroatoms. The molecule has 1 aliphatic heterocycles. The zero-order chi connectivity index (χ0) is 30.2. The van der Waals surface area contributed by atoms with Crippen LogP contribution < -0.4 is 22.3 Å². The number of rotatable bonds is 12. The van der Waals surface area contributed by atoms with Gasteiger partial charge in [0.1, 0.15) is 12.5 Å². The van der Waals surface area contributed by atoms with E-state index in [-0.39, 0.29) is 12.2 Å². The fraction of sp³-hybridized carbons (Fsp3) is 0.333. The average molecular weight is 584 g/mol. The number of H-pyrrole nitrogens is 1. The standard InChI is InChI=1S/C33H37N5O5/c34-29(39)22-30(40)35-25-13-14-27-28(21-25)38(33(42)36-32(27)41)18-8-7-17-37-19-15-26(16-20-37)43-31(23-9-3-1-4-10-23)24-11-5-2-6-12-24/h1-6,9-14,21,26,31H,7-8,15-20,22H2,(H2,34,39)(H,35,40)(H,36,41,42). The maximum atomic E-state index is 12.7. The molecule has 0 radical (unpaired) electrons. The van der Waals surface area contributed by atoms with E-state index in [0.29, 0.717) is 23.1 Å². The van der Waals surface area contributed by atoms with Gasteiger partial charge in [-0.05, 0) is 61.6 Å². The number of hydrogen-bond acceptors (Lipinski definition) is 6. The lowest BCUT2D eigenvalue weighted by Gasteiger charge is -2.34. The van der Waals surface area contributed by atoms with Gasteiger partial charge in [0.25, 0.3) is 5.56 Å². The van der Waals surface area contributed by atoms with Gasteiger partial charge in [0.15, 0.2) is 0 Å². The number of piperidine rings is 1. The highest BCUT2D eigenvalue weighted by Gasteiger charge is 2.24. The van der Waals surface area contributed by atoms with Crippen LogP contribution in [-0.4, -0.2) is 52.0 Å². The van der Waals surface area contributed by atoms with Gasteiger partial charge in [-0.25, -0.2) is 4.79 Å². The van der Waals surface area contributed by atoms with Gasteiger partial charge in [-0.1, -0.05) is 60.7 Å². The Morgan fingerprint density at radius 1 is 0.907 bits per heavy atom. The van der Waals surface area contributed by atoms with Crippen LogP contribution in [0.3, 0.4) is 0 Å². The van der Waals surface area contributed by atoms with Gasteiger partial charge in [0, 0.05) is 25.3 Å². The number of amides is 2. The molecule has 0 saturated carbocycles. The molecular formula is C33H37N5O5. The highest BCUT2D eigenvalue weighted by molar-refractivity contribution is 6.03. The van der Waals surface area contributed by atoms with Crippen molar-refractivity contribution in [3.05, 3.63) is 111 Å². The number of ether oxygens (including phenoxy) is 1. The fourth-order valence-corrected chi connectivity index (χ4v) is 5.62. The Morgan fingerprint density at radius 3 is 2.16 bits per heavy atom. The van der Waals surface area contributed by atoms with Gasteiger partial charge >= 0.3 is 5.69 Å². The number of primary amides is 1. The average Bonchev–Trinajstić information content (AvgIpc) is 3.00. The predicted octanol–water partition coefficient (Wildman–Crippen LogP) is 3.55. The topological polar surface area (TPSA) is 140 Å². The maximum absolute atomic E-state index is 12.7. The first kappa shape index (κ1) is 29.9. The molecule has 0 spiro atoms. The number of anilines is 1. The maximum Gasteiger partial charge on any atom is 0.328 e. The molecule has 1 saturated heterocycles. The first-order valence-electron chi connectivity index (χ1n) is 14.7. The van der Waals surface area contributed by atoms with Crippen LogP contribution in [0.1, 0.15) is 49.3 Å². The molecule has 43 heavy (non-hydrogen) atoms. The third-order valence-corrected chi connectivity index (χ3v) is 7.79. The van der Waals surface area contributed by atoms with Crippen LogP contribution in [0.5, 0.6) is 0 Å². The minimum Gasteiger partial charge on any atom is -0.369 e. The summed E-state index contributed by atoms with van der Waals surface area (Å²) in [5, 5.41) is 2.94. The third kappa shape index (κ3) is 7.85. The highest BCUT2D eigenvalue weighted by Crippen LogP contribution is 2.30. The highest BCUT2D eigenvalue weighted by atomic mass is 16.5. The summed E-state index contributed by atoms with van der Waals surface area (Å²) in [5.74, 6) is -1.30. The number of aromatic nitrogens is 2. The van der Waals surface area contributed by atoms with Crippen molar-refractivity contribution in [1.29, 1.82) is 0 Å². The number of aryl methyl sites for hydroxylation is 1. The molecule has 4 N–H and O–H groups in total. The van der Waals surface area contributed by atoms with Crippen molar-refractivity contribution >= 4 is 28.4 Å². The fourth-order valence-electron chi connectivity index (χ4n) is 5.62. The number of likely N-dealkylation sites (tertiary alicyclic amines) is 1. The number of carbonyl (C=O) groups excluding carboxylic acids is 2. The van der Waals surface area contributed by atoms with Gasteiger partial charge in [0.05, 0.1) is 17.0 Å². The molecule has 1 fully saturated rings. The number of fused-ring (bicyclic) bond motifs is 1. The van der Waals surface area contributed by atoms with Crippen LogP contribution in [0.15, 0.2) is 88.5 Å². The number of nitrogens with one attached hydrogen (secondary N) is 2. The summed E-state index contributed by atoms with van der Waals surface area (Å²) in [6.45, 7) is 3.20. The molecule has 3 aromatic carbocycles. The number of unbranched alkanes of at least 4 members (excludes halogenated alkanes) is 1. The lowest BCUT2D eigenvalue weighted by Crippen LogP contribution is -2.38. The number of benzene rings is 3. The molecule has 0 aliphatic carbocycles. The van der Waals surface area contributed by atoms with E-state index in [1.807, 2.05) is 36.4 Å². The number of aromatic amines is 1. The summed E-state index contributed by atoms with van der Waals surface area (Å²) >= 11 is 0. The van der Waals surface area contributed by atoms with Gasteiger partial charge in [-0.2, -0.15) is 0 Å². The first-order chi connectivity index (χ1) is 20.9. The quantitative estimate of drug-likeness (QED) is 0.172. The van der Waals surface area contributed by atoms with Crippen molar-refractivity contribution in [2.75, 3.05) is 25.0 Å². The van der Waals surface area contributed by atoms with Crippen molar-refractivity contribution < 1.29 is 14.3 Å². The van der Waals surface area contributed by atoms with Crippen LogP contribution in [0.2, 0.25) is 0 Å². The Morgan fingerprint density at radius 2 is 1.53 bits per heavy atom. The molecule has 0 bridgehead atoms. The van der Waals surface area contributed by atoms with E-state index in [1.54, 1.807) is 18.2 Å². The Bertz CT molecular complexity index is 1620. The van der Waals surface area contributed by atoms with E-state index < -0.39 is 29.5 Å². The normalized spacial score (nSPS) is 14.3. The van der Waals surface area contributed by atoms with Crippen molar-refractivity contribution in [3.63, 3.8) is 0 Å². The summed E-state index contributed by atoms with van der Waals surface area (Å²) < 4.78 is 8.19. The molecule has 1 aliphatic rings. The minimum atomic E-state index is -0.744. The van der Waals surface area contributed by atoms with E-state index in [1.165, 1.54) is 4.57 Å². The second-order valence-electron chi connectivity index (χ2n) is 10.9. The number of nitrogens with two attached hydrogens (primary N) is 1. The lowest BCUT2D eigenvalue weighted by molar-refractivity contribution is -0.124. The van der Waals surface area contributed by atoms with Crippen LogP contribution in [-0.2, 0) is 20.9 Å². The molecule has 0 atom stereocenters. The Kier molecular flexibility index (Phi) is 9.81. The molecule has 5 rings (SSSR count). The van der Waals surface area contributed by atoms with Gasteiger partial charge in [-0.15, -0.1) is 0 Å². The monoisotopic (exact) mass is 583 g/mol. The van der Waals surface area contributed by atoms with Crippen molar-refractivity contribution in [2.24, 2.45) is 5.73 Å². The lowest BCUT2D eigenvalue weighted by atomic mass is 10.00. The van der Waals surface area contributed by atoms with E-state index in [9.17, 15) is 19.2 Å². The molecule has 0 unspecified atom stereocenters. The molecule has 4 aromatic rings. The Hall–Kier alpha value is -4.54. The summed E-state index contributed by atoms with van der Waals surface area (Å²) in [6.07, 6.45) is 3.13. The minimum absolute atomic E-state index is 0.0959. The van der Waals surface area contributed by atoms with E-state index >= 15 is 0 Å². The molecule has 2 heterocycles. The molecule has 10 nitrogen and oxygen atoms in total. The summed E-state index contributed by atoms with van der Waals surface area (Å²) in [4.78, 5) is 52.9. The summed E-state index contributed by atoms with van der Waals surface area (Å²) in [7, 11) is 0. The Labute approximate surface area is 249 Å². The second-order valence-corrected chi connectivity index (χ2v) is 10.9. The predicted molar refractivity (Wildman–Crippen MR) is 166 cm³/mol. The molecular weight excluding hydrogens is 546 g/mol. The largest absolute Gasteiger partial charge is 0.369 e. The van der Waals surface area contributed by atoms with Gasteiger partial charge in [-0.3, -0.25) is 23.9 Å². The smallest absolute Gasteiger partial charge is 0.328 e. The first-order valence-corrected chi connectivity index (χ1v) is 14.7.